The van der Waals surface area contributed by atoms with E-state index in [1.165, 1.54) is 50.6 Å². The van der Waals surface area contributed by atoms with Crippen LogP contribution < -0.4 is 16.0 Å². The molecule has 4 nitrogen and oxygen atoms in total. The lowest BCUT2D eigenvalue weighted by molar-refractivity contribution is 0.527. The van der Waals surface area contributed by atoms with Gasteiger partial charge in [-0.2, -0.15) is 0 Å². The maximum atomic E-state index is 6.10. The lowest BCUT2D eigenvalue weighted by Gasteiger charge is -2.19. The molecule has 1 heterocycles. The van der Waals surface area contributed by atoms with Crippen molar-refractivity contribution < 1.29 is 0 Å². The molecule has 1 aromatic rings. The summed E-state index contributed by atoms with van der Waals surface area (Å²) in [5.74, 6) is 1.26. The van der Waals surface area contributed by atoms with Crippen LogP contribution in [-0.4, -0.2) is 31.6 Å². The van der Waals surface area contributed by atoms with Gasteiger partial charge >= 0.3 is 0 Å². The molecular formula is C19H31IN4. The largest absolute Gasteiger partial charge is 0.371 e. The molecule has 1 atom stereocenters. The second-order valence-corrected chi connectivity index (χ2v) is 7.00. The molecule has 1 aromatic carbocycles. The number of para-hydroxylation sites is 1. The molecule has 1 saturated heterocycles. The van der Waals surface area contributed by atoms with Crippen molar-refractivity contribution in [1.82, 2.24) is 5.32 Å². The second kappa shape index (κ2) is 10.1. The molecule has 2 aliphatic rings. The molecule has 24 heavy (non-hydrogen) atoms. The maximum absolute atomic E-state index is 6.10. The highest BCUT2D eigenvalue weighted by molar-refractivity contribution is 14.0. The second-order valence-electron chi connectivity index (χ2n) is 7.00. The van der Waals surface area contributed by atoms with E-state index in [0.29, 0.717) is 17.9 Å². The SMILES string of the molecule is I.NC(=NCC1CCN(c2ccccc2)C1)NC1CCCCCC1. The zero-order chi connectivity index (χ0) is 15.9. The first kappa shape index (κ1) is 19.3. The van der Waals surface area contributed by atoms with Gasteiger partial charge in [0.15, 0.2) is 5.96 Å². The van der Waals surface area contributed by atoms with Gasteiger partial charge in [-0.1, -0.05) is 43.9 Å². The minimum atomic E-state index is 0. The first-order valence-electron chi connectivity index (χ1n) is 9.18. The fraction of sp³-hybridized carbons (Fsp3) is 0.632. The fourth-order valence-electron chi connectivity index (χ4n) is 3.76. The zero-order valence-electron chi connectivity index (χ0n) is 14.5. The fourth-order valence-corrected chi connectivity index (χ4v) is 3.76. The van der Waals surface area contributed by atoms with E-state index in [2.05, 4.69) is 45.5 Å². The summed E-state index contributed by atoms with van der Waals surface area (Å²) in [6.07, 6.45) is 9.05. The Kier molecular flexibility index (Phi) is 8.15. The topological polar surface area (TPSA) is 53.6 Å². The maximum Gasteiger partial charge on any atom is 0.188 e. The van der Waals surface area contributed by atoms with E-state index >= 15 is 0 Å². The van der Waals surface area contributed by atoms with E-state index in [4.69, 9.17) is 5.73 Å². The molecule has 2 fully saturated rings. The van der Waals surface area contributed by atoms with Gasteiger partial charge in [0.1, 0.15) is 0 Å². The van der Waals surface area contributed by atoms with Crippen LogP contribution in [0.2, 0.25) is 0 Å². The molecule has 134 valence electrons. The summed E-state index contributed by atoms with van der Waals surface area (Å²) in [6, 6.07) is 11.2. The van der Waals surface area contributed by atoms with Gasteiger partial charge in [-0.3, -0.25) is 4.99 Å². The van der Waals surface area contributed by atoms with Gasteiger partial charge in [0.2, 0.25) is 0 Å². The van der Waals surface area contributed by atoms with Crippen LogP contribution in [0.4, 0.5) is 5.69 Å². The zero-order valence-corrected chi connectivity index (χ0v) is 16.8. The molecule has 1 aliphatic heterocycles. The van der Waals surface area contributed by atoms with Gasteiger partial charge in [0.25, 0.3) is 0 Å². The molecule has 0 spiro atoms. The summed E-state index contributed by atoms with van der Waals surface area (Å²) in [5, 5.41) is 3.44. The Morgan fingerprint density at radius 1 is 1.08 bits per heavy atom. The van der Waals surface area contributed by atoms with Crippen LogP contribution in [0, 0.1) is 5.92 Å². The van der Waals surface area contributed by atoms with E-state index < -0.39 is 0 Å². The lowest BCUT2D eigenvalue weighted by atomic mass is 10.1. The Labute approximate surface area is 163 Å². The first-order valence-corrected chi connectivity index (χ1v) is 9.18. The number of anilines is 1. The van der Waals surface area contributed by atoms with Gasteiger partial charge in [-0.05, 0) is 37.3 Å². The number of nitrogens with two attached hydrogens (primary N) is 1. The Hall–Kier alpha value is -0.980. The number of hydrogen-bond donors (Lipinski definition) is 2. The van der Waals surface area contributed by atoms with Crippen molar-refractivity contribution in [2.24, 2.45) is 16.6 Å². The van der Waals surface area contributed by atoms with Gasteiger partial charge in [0, 0.05) is 31.4 Å². The highest BCUT2D eigenvalue weighted by Gasteiger charge is 2.22. The van der Waals surface area contributed by atoms with Gasteiger partial charge in [0.05, 0.1) is 0 Å². The molecule has 3 N–H and O–H groups in total. The monoisotopic (exact) mass is 442 g/mol. The quantitative estimate of drug-likeness (QED) is 0.323. The predicted octanol–water partition coefficient (Wildman–Crippen LogP) is 3.76. The van der Waals surface area contributed by atoms with Gasteiger partial charge in [-0.25, -0.2) is 0 Å². The van der Waals surface area contributed by atoms with Crippen molar-refractivity contribution in [3.63, 3.8) is 0 Å². The summed E-state index contributed by atoms with van der Waals surface area (Å²) in [5.41, 5.74) is 7.43. The van der Waals surface area contributed by atoms with Crippen molar-refractivity contribution in [1.29, 1.82) is 0 Å². The van der Waals surface area contributed by atoms with Crippen LogP contribution in [0.3, 0.4) is 0 Å². The van der Waals surface area contributed by atoms with E-state index in [0.717, 1.165) is 19.6 Å². The number of guanidine groups is 1. The number of nitrogens with one attached hydrogen (secondary N) is 1. The number of benzene rings is 1. The third-order valence-corrected chi connectivity index (χ3v) is 5.13. The Morgan fingerprint density at radius 2 is 1.79 bits per heavy atom. The summed E-state index contributed by atoms with van der Waals surface area (Å²) in [4.78, 5) is 7.07. The molecular weight excluding hydrogens is 411 g/mol. The lowest BCUT2D eigenvalue weighted by Crippen LogP contribution is -2.40. The highest BCUT2D eigenvalue weighted by Crippen LogP contribution is 2.23. The van der Waals surface area contributed by atoms with Gasteiger partial charge < -0.3 is 16.0 Å². The first-order chi connectivity index (χ1) is 11.3. The number of hydrogen-bond acceptors (Lipinski definition) is 2. The molecule has 1 unspecified atom stereocenters. The number of rotatable bonds is 4. The normalized spacial score (nSPS) is 22.8. The molecule has 0 amide bonds. The summed E-state index contributed by atoms with van der Waals surface area (Å²) >= 11 is 0. The van der Waals surface area contributed by atoms with Gasteiger partial charge in [-0.15, -0.1) is 24.0 Å². The molecule has 0 radical (unpaired) electrons. The smallest absolute Gasteiger partial charge is 0.188 e. The third-order valence-electron chi connectivity index (χ3n) is 5.13. The third kappa shape index (κ3) is 5.83. The average Bonchev–Trinajstić information content (AvgIpc) is 2.91. The van der Waals surface area contributed by atoms with Crippen molar-refractivity contribution in [2.45, 2.75) is 51.0 Å². The van der Waals surface area contributed by atoms with E-state index in [9.17, 15) is 0 Å². The van der Waals surface area contributed by atoms with Crippen LogP contribution in [0.5, 0.6) is 0 Å². The molecule has 3 rings (SSSR count). The number of halogens is 1. The summed E-state index contributed by atoms with van der Waals surface area (Å²) in [6.45, 7) is 3.05. The summed E-state index contributed by atoms with van der Waals surface area (Å²) < 4.78 is 0. The standard InChI is InChI=1S/C19H30N4.HI/c20-19(22-17-8-4-1-2-5-9-17)21-14-16-12-13-23(15-16)18-10-6-3-7-11-18;/h3,6-7,10-11,16-17H,1-2,4-5,8-9,12-15H2,(H3,20,21,22);1H. The highest BCUT2D eigenvalue weighted by atomic mass is 127. The Balaban J connectivity index is 0.00000208. The van der Waals surface area contributed by atoms with E-state index in [1.54, 1.807) is 0 Å². The summed E-state index contributed by atoms with van der Waals surface area (Å²) in [7, 11) is 0. The van der Waals surface area contributed by atoms with Crippen LogP contribution in [0.25, 0.3) is 0 Å². The van der Waals surface area contributed by atoms with Crippen LogP contribution in [0.1, 0.15) is 44.9 Å². The van der Waals surface area contributed by atoms with E-state index in [1.807, 2.05) is 0 Å². The Morgan fingerprint density at radius 3 is 2.50 bits per heavy atom. The molecule has 0 aromatic heterocycles. The number of nitrogens with zero attached hydrogens (tertiary/aromatic N) is 2. The minimum absolute atomic E-state index is 0. The van der Waals surface area contributed by atoms with Crippen LogP contribution in [0.15, 0.2) is 35.3 Å². The molecule has 0 bridgehead atoms. The van der Waals surface area contributed by atoms with Crippen LogP contribution in [-0.2, 0) is 0 Å². The van der Waals surface area contributed by atoms with Crippen LogP contribution >= 0.6 is 24.0 Å². The molecule has 1 saturated carbocycles. The van der Waals surface area contributed by atoms with E-state index in [-0.39, 0.29) is 24.0 Å². The van der Waals surface area contributed by atoms with Crippen molar-refractivity contribution in [3.8, 4) is 0 Å². The Bertz CT molecular complexity index is 497. The average molecular weight is 442 g/mol. The van der Waals surface area contributed by atoms with Crippen molar-refractivity contribution in [3.05, 3.63) is 30.3 Å². The predicted molar refractivity (Wildman–Crippen MR) is 113 cm³/mol. The minimum Gasteiger partial charge on any atom is -0.371 e. The molecule has 5 heteroatoms. The molecule has 1 aliphatic carbocycles. The van der Waals surface area contributed by atoms with Crippen molar-refractivity contribution in [2.75, 3.05) is 24.5 Å². The van der Waals surface area contributed by atoms with Crippen molar-refractivity contribution >= 4 is 35.6 Å². The number of aliphatic imine (C=N–C) groups is 1.